The molecule has 4 rings (SSSR count). The first-order chi connectivity index (χ1) is 16.0. The van der Waals surface area contributed by atoms with E-state index in [4.69, 9.17) is 40.6 Å². The molecule has 182 valence electrons. The molecule has 2 aliphatic heterocycles. The van der Waals surface area contributed by atoms with Gasteiger partial charge < -0.3 is 33.7 Å². The molecular formula is C23H31NO7S2. The van der Waals surface area contributed by atoms with Crippen LogP contribution in [0.5, 0.6) is 0 Å². The minimum absolute atomic E-state index is 0.145. The standard InChI is InChI=1S/C23H31NO7S2/c1-26-20-17(24-21(25)27-13-15-9-5-3-6-10-15)19(30-22(32)33-2)18-16(29-20)14-28-23(31-18)11-7-4-8-12-23/h3,5-6,9-10,16-20H,4,7-8,11-14H2,1-2H3,(H,24,25)/t16-,17-,18-,19-,20+/m1/s1. The number of methoxy groups -OCH3 is 1. The van der Waals surface area contributed by atoms with Crippen LogP contribution in [0.3, 0.4) is 0 Å². The van der Waals surface area contributed by atoms with Crippen LogP contribution in [-0.2, 0) is 35.0 Å². The molecule has 2 heterocycles. The van der Waals surface area contributed by atoms with Crippen LogP contribution >= 0.6 is 24.0 Å². The number of ether oxygens (including phenoxy) is 6. The molecule has 2 saturated heterocycles. The summed E-state index contributed by atoms with van der Waals surface area (Å²) in [5, 5.41) is 2.87. The lowest BCUT2D eigenvalue weighted by Crippen LogP contribution is -2.69. The van der Waals surface area contributed by atoms with Crippen LogP contribution in [0, 0.1) is 0 Å². The van der Waals surface area contributed by atoms with Crippen molar-refractivity contribution in [1.29, 1.82) is 0 Å². The molecule has 1 N–H and O–H groups in total. The first kappa shape index (κ1) is 24.7. The molecule has 1 aromatic rings. The number of rotatable bonds is 5. The second kappa shape index (κ2) is 11.3. The average molecular weight is 498 g/mol. The van der Waals surface area contributed by atoms with E-state index in [-0.39, 0.29) is 6.61 Å². The van der Waals surface area contributed by atoms with Crippen molar-refractivity contribution in [1.82, 2.24) is 5.32 Å². The first-order valence-corrected chi connectivity index (χ1v) is 12.9. The molecule has 1 aromatic carbocycles. The van der Waals surface area contributed by atoms with E-state index < -0.39 is 42.5 Å². The number of hydrogen-bond donors (Lipinski definition) is 1. The highest BCUT2D eigenvalue weighted by atomic mass is 32.2. The maximum Gasteiger partial charge on any atom is 0.407 e. The van der Waals surface area contributed by atoms with Gasteiger partial charge in [-0.25, -0.2) is 4.79 Å². The summed E-state index contributed by atoms with van der Waals surface area (Å²) in [6.07, 6.45) is 3.84. The second-order valence-corrected chi connectivity index (χ2v) is 9.82. The number of amides is 1. The molecule has 8 nitrogen and oxygen atoms in total. The van der Waals surface area contributed by atoms with Gasteiger partial charge >= 0.3 is 6.09 Å². The van der Waals surface area contributed by atoms with Gasteiger partial charge in [-0.05, 0) is 36.9 Å². The molecule has 1 spiro atoms. The Hall–Kier alpha value is -1.43. The number of hydrogen-bond acceptors (Lipinski definition) is 9. The number of benzene rings is 1. The highest BCUT2D eigenvalue weighted by Crippen LogP contribution is 2.41. The molecule has 0 unspecified atom stereocenters. The Morgan fingerprint density at radius 3 is 2.70 bits per heavy atom. The summed E-state index contributed by atoms with van der Waals surface area (Å²) in [6, 6.07) is 8.78. The maximum atomic E-state index is 12.7. The number of carbonyl (C=O) groups excluding carboxylic acids is 1. The zero-order valence-corrected chi connectivity index (χ0v) is 20.5. The number of nitrogens with one attached hydrogen (secondary N) is 1. The summed E-state index contributed by atoms with van der Waals surface area (Å²) >= 11 is 6.68. The van der Waals surface area contributed by atoms with Crippen molar-refractivity contribution in [2.45, 2.75) is 75.1 Å². The molecule has 1 amide bonds. The summed E-state index contributed by atoms with van der Waals surface area (Å²) in [4.78, 5) is 12.7. The van der Waals surface area contributed by atoms with Crippen LogP contribution in [0.2, 0.25) is 0 Å². The van der Waals surface area contributed by atoms with Crippen molar-refractivity contribution in [3.63, 3.8) is 0 Å². The smallest absolute Gasteiger partial charge is 0.407 e. The topological polar surface area (TPSA) is 84.5 Å². The summed E-state index contributed by atoms with van der Waals surface area (Å²) < 4.78 is 36.3. The maximum absolute atomic E-state index is 12.7. The normalized spacial score (nSPS) is 30.8. The third kappa shape index (κ3) is 5.98. The molecule has 1 aliphatic carbocycles. The summed E-state index contributed by atoms with van der Waals surface area (Å²) in [5.74, 6) is -0.649. The molecule has 3 fully saturated rings. The number of thiocarbonyl (C=S) groups is 1. The zero-order chi connectivity index (χ0) is 23.3. The van der Waals surface area contributed by atoms with Crippen molar-refractivity contribution in [3.8, 4) is 0 Å². The van der Waals surface area contributed by atoms with Crippen molar-refractivity contribution in [2.24, 2.45) is 0 Å². The monoisotopic (exact) mass is 497 g/mol. The van der Waals surface area contributed by atoms with E-state index in [1.165, 1.54) is 25.3 Å². The fourth-order valence-electron chi connectivity index (χ4n) is 4.60. The van der Waals surface area contributed by atoms with E-state index in [1.54, 1.807) is 0 Å². The van der Waals surface area contributed by atoms with Crippen molar-refractivity contribution < 1.29 is 33.2 Å². The van der Waals surface area contributed by atoms with Gasteiger partial charge in [0.15, 0.2) is 18.2 Å². The van der Waals surface area contributed by atoms with Gasteiger partial charge in [0.1, 0.15) is 24.9 Å². The average Bonchev–Trinajstić information content (AvgIpc) is 2.85. The molecule has 10 heteroatoms. The number of alkyl carbamates (subject to hydrolysis) is 1. The highest BCUT2D eigenvalue weighted by Gasteiger charge is 2.55. The number of carbonyl (C=O) groups is 1. The lowest BCUT2D eigenvalue weighted by atomic mass is 9.90. The fraction of sp³-hybridized carbons (Fsp3) is 0.652. The largest absolute Gasteiger partial charge is 0.470 e. The van der Waals surface area contributed by atoms with Gasteiger partial charge in [0.05, 0.1) is 6.61 Å². The molecule has 0 bridgehead atoms. The molecule has 0 radical (unpaired) electrons. The van der Waals surface area contributed by atoms with Gasteiger partial charge in [-0.2, -0.15) is 0 Å². The van der Waals surface area contributed by atoms with E-state index in [0.29, 0.717) is 11.0 Å². The molecular weight excluding hydrogens is 466 g/mol. The minimum Gasteiger partial charge on any atom is -0.470 e. The van der Waals surface area contributed by atoms with Crippen LogP contribution in [-0.4, -0.2) is 66.9 Å². The Balaban J connectivity index is 1.50. The number of fused-ring (bicyclic) bond motifs is 1. The van der Waals surface area contributed by atoms with Crippen LogP contribution < -0.4 is 5.32 Å². The van der Waals surface area contributed by atoms with Crippen molar-refractivity contribution in [2.75, 3.05) is 20.0 Å². The summed E-state index contributed by atoms with van der Waals surface area (Å²) in [7, 11) is 1.52. The minimum atomic E-state index is -0.780. The Morgan fingerprint density at radius 2 is 2.00 bits per heavy atom. The summed E-state index contributed by atoms with van der Waals surface area (Å²) in [5.41, 5.74) is 0.888. The third-order valence-corrected chi connectivity index (χ3v) is 7.28. The van der Waals surface area contributed by atoms with E-state index in [0.717, 1.165) is 31.2 Å². The lowest BCUT2D eigenvalue weighted by molar-refractivity contribution is -0.381. The second-order valence-electron chi connectivity index (χ2n) is 8.41. The Morgan fingerprint density at radius 1 is 1.24 bits per heavy atom. The van der Waals surface area contributed by atoms with Crippen LogP contribution in [0.4, 0.5) is 4.79 Å². The predicted molar refractivity (Wildman–Crippen MR) is 127 cm³/mol. The quantitative estimate of drug-likeness (QED) is 0.611. The predicted octanol–water partition coefficient (Wildman–Crippen LogP) is 3.76. The van der Waals surface area contributed by atoms with Crippen LogP contribution in [0.15, 0.2) is 30.3 Å². The number of thioether (sulfide) groups is 1. The molecule has 3 aliphatic rings. The van der Waals surface area contributed by atoms with Crippen molar-refractivity contribution in [3.05, 3.63) is 35.9 Å². The Bertz CT molecular complexity index is 805. The van der Waals surface area contributed by atoms with Gasteiger partial charge in [0.25, 0.3) is 0 Å². The molecule has 5 atom stereocenters. The SMILES string of the molecule is CO[C@H]1O[C@@H]2COC3(CCCCC3)O[C@H]2[C@H](OC(=S)SC)[C@H]1NC(=O)OCc1ccccc1. The third-order valence-electron chi connectivity index (χ3n) is 6.25. The zero-order valence-electron chi connectivity index (χ0n) is 18.9. The van der Waals surface area contributed by atoms with Gasteiger partial charge in [0.2, 0.25) is 4.38 Å². The van der Waals surface area contributed by atoms with Crippen LogP contribution in [0.25, 0.3) is 0 Å². The van der Waals surface area contributed by atoms with E-state index in [1.807, 2.05) is 36.6 Å². The highest BCUT2D eigenvalue weighted by molar-refractivity contribution is 8.22. The molecule has 0 aromatic heterocycles. The van der Waals surface area contributed by atoms with Crippen molar-refractivity contribution >= 4 is 34.5 Å². The Kier molecular flexibility index (Phi) is 8.48. The lowest BCUT2D eigenvalue weighted by Gasteiger charge is -2.52. The van der Waals surface area contributed by atoms with Gasteiger partial charge in [-0.3, -0.25) is 0 Å². The first-order valence-electron chi connectivity index (χ1n) is 11.3. The fourth-order valence-corrected chi connectivity index (χ4v) is 4.92. The van der Waals surface area contributed by atoms with Gasteiger partial charge in [-0.15, -0.1) is 0 Å². The van der Waals surface area contributed by atoms with E-state index in [2.05, 4.69) is 5.32 Å². The van der Waals surface area contributed by atoms with Gasteiger partial charge in [0, 0.05) is 20.0 Å². The van der Waals surface area contributed by atoms with Gasteiger partial charge in [-0.1, -0.05) is 48.5 Å². The Labute approximate surface area is 203 Å². The van der Waals surface area contributed by atoms with E-state index in [9.17, 15) is 4.79 Å². The van der Waals surface area contributed by atoms with E-state index >= 15 is 0 Å². The summed E-state index contributed by atoms with van der Waals surface area (Å²) in [6.45, 7) is 0.508. The molecule has 1 saturated carbocycles. The molecule has 33 heavy (non-hydrogen) atoms. The van der Waals surface area contributed by atoms with Crippen LogP contribution in [0.1, 0.15) is 37.7 Å².